The Bertz CT molecular complexity index is 650. The van der Waals surface area contributed by atoms with Gasteiger partial charge < -0.3 is 9.64 Å². The van der Waals surface area contributed by atoms with Crippen LogP contribution in [0.1, 0.15) is 18.4 Å². The molecule has 3 rings (SSSR count). The second kappa shape index (κ2) is 7.54. The first-order chi connectivity index (χ1) is 11.3. The molecule has 1 aromatic carbocycles. The van der Waals surface area contributed by atoms with E-state index in [1.54, 1.807) is 24.4 Å². The maximum Gasteiger partial charge on any atom is 0.246 e. The van der Waals surface area contributed by atoms with E-state index in [0.29, 0.717) is 19.0 Å². The quantitative estimate of drug-likeness (QED) is 0.815. The van der Waals surface area contributed by atoms with Crippen molar-refractivity contribution < 1.29 is 9.53 Å². The standard InChI is InChI=1S/C18H19N3O2/c22-18(9-8-15-5-2-1-3-6-15)21-13-10-16(11-14-21)23-17-7-4-12-19-20-17/h1-9,12,16H,10-11,13-14H2. The fraction of sp³-hybridized carbons (Fsp3) is 0.278. The first-order valence-corrected chi connectivity index (χ1v) is 7.78. The fourth-order valence-corrected chi connectivity index (χ4v) is 2.55. The van der Waals surface area contributed by atoms with Crippen LogP contribution in [0.25, 0.3) is 6.08 Å². The van der Waals surface area contributed by atoms with Gasteiger partial charge in [-0.2, -0.15) is 5.10 Å². The van der Waals surface area contributed by atoms with Gasteiger partial charge in [-0.3, -0.25) is 4.79 Å². The molecule has 1 aromatic heterocycles. The average Bonchev–Trinajstić information content (AvgIpc) is 2.62. The van der Waals surface area contributed by atoms with E-state index in [0.717, 1.165) is 18.4 Å². The zero-order valence-electron chi connectivity index (χ0n) is 12.8. The molecule has 1 amide bonds. The summed E-state index contributed by atoms with van der Waals surface area (Å²) in [6.07, 6.45) is 6.81. The van der Waals surface area contributed by atoms with E-state index in [-0.39, 0.29) is 12.0 Å². The molecule has 0 radical (unpaired) electrons. The van der Waals surface area contributed by atoms with Crippen molar-refractivity contribution in [2.75, 3.05) is 13.1 Å². The number of aromatic nitrogens is 2. The number of carbonyl (C=O) groups excluding carboxylic acids is 1. The average molecular weight is 309 g/mol. The van der Waals surface area contributed by atoms with E-state index < -0.39 is 0 Å². The topological polar surface area (TPSA) is 55.3 Å². The number of rotatable bonds is 4. The largest absolute Gasteiger partial charge is 0.473 e. The van der Waals surface area contributed by atoms with Gasteiger partial charge in [0.05, 0.1) is 0 Å². The molecule has 5 nitrogen and oxygen atoms in total. The Morgan fingerprint density at radius 1 is 1.13 bits per heavy atom. The summed E-state index contributed by atoms with van der Waals surface area (Å²) in [6.45, 7) is 1.39. The molecule has 5 heteroatoms. The molecule has 1 aliphatic heterocycles. The zero-order chi connectivity index (χ0) is 15.9. The fourth-order valence-electron chi connectivity index (χ4n) is 2.55. The van der Waals surface area contributed by atoms with Gasteiger partial charge in [0.25, 0.3) is 0 Å². The summed E-state index contributed by atoms with van der Waals surface area (Å²) >= 11 is 0. The number of hydrogen-bond acceptors (Lipinski definition) is 4. The molecule has 23 heavy (non-hydrogen) atoms. The van der Waals surface area contributed by atoms with E-state index >= 15 is 0 Å². The third-order valence-corrected chi connectivity index (χ3v) is 3.81. The summed E-state index contributed by atoms with van der Waals surface area (Å²) in [5, 5.41) is 7.72. The predicted octanol–water partition coefficient (Wildman–Crippen LogP) is 2.56. The van der Waals surface area contributed by atoms with Gasteiger partial charge in [-0.15, -0.1) is 5.10 Å². The second-order valence-electron chi connectivity index (χ2n) is 5.45. The number of hydrogen-bond donors (Lipinski definition) is 0. The zero-order valence-corrected chi connectivity index (χ0v) is 12.8. The van der Waals surface area contributed by atoms with Gasteiger partial charge in [0.15, 0.2) is 0 Å². The normalized spacial score (nSPS) is 15.7. The molecule has 0 N–H and O–H groups in total. The summed E-state index contributed by atoms with van der Waals surface area (Å²) in [7, 11) is 0. The van der Waals surface area contributed by atoms with E-state index in [1.807, 2.05) is 41.3 Å². The summed E-state index contributed by atoms with van der Waals surface area (Å²) < 4.78 is 5.78. The van der Waals surface area contributed by atoms with Crippen LogP contribution < -0.4 is 4.74 Å². The van der Waals surface area contributed by atoms with E-state index in [2.05, 4.69) is 10.2 Å². The summed E-state index contributed by atoms with van der Waals surface area (Å²) in [4.78, 5) is 14.1. The van der Waals surface area contributed by atoms with Crippen LogP contribution in [-0.2, 0) is 4.79 Å². The summed E-state index contributed by atoms with van der Waals surface area (Å²) in [5.41, 5.74) is 1.03. The Hall–Kier alpha value is -2.69. The Balaban J connectivity index is 1.48. The van der Waals surface area contributed by atoms with Crippen LogP contribution in [0.2, 0.25) is 0 Å². The van der Waals surface area contributed by atoms with Crippen molar-refractivity contribution in [1.29, 1.82) is 0 Å². The molecule has 2 aromatic rings. The maximum absolute atomic E-state index is 12.2. The SMILES string of the molecule is O=C(C=Cc1ccccc1)N1CCC(Oc2cccnn2)CC1. The highest BCUT2D eigenvalue weighted by Gasteiger charge is 2.23. The van der Waals surface area contributed by atoms with E-state index in [9.17, 15) is 4.79 Å². The molecular weight excluding hydrogens is 290 g/mol. The molecule has 0 spiro atoms. The smallest absolute Gasteiger partial charge is 0.246 e. The van der Waals surface area contributed by atoms with Crippen LogP contribution in [0, 0.1) is 0 Å². The number of carbonyl (C=O) groups is 1. The summed E-state index contributed by atoms with van der Waals surface area (Å²) in [6, 6.07) is 13.4. The molecule has 0 unspecified atom stereocenters. The van der Waals surface area contributed by atoms with Gasteiger partial charge >= 0.3 is 0 Å². The van der Waals surface area contributed by atoms with Gasteiger partial charge in [-0.05, 0) is 17.7 Å². The highest BCUT2D eigenvalue weighted by Crippen LogP contribution is 2.17. The minimum atomic E-state index is 0.0480. The Labute approximate surface area is 135 Å². The monoisotopic (exact) mass is 309 g/mol. The van der Waals surface area contributed by atoms with Gasteiger partial charge in [-0.25, -0.2) is 0 Å². The Morgan fingerprint density at radius 3 is 2.61 bits per heavy atom. The molecule has 1 fully saturated rings. The number of ether oxygens (including phenoxy) is 1. The van der Waals surface area contributed by atoms with Gasteiger partial charge in [-0.1, -0.05) is 30.3 Å². The van der Waals surface area contributed by atoms with Crippen molar-refractivity contribution in [3.63, 3.8) is 0 Å². The molecular formula is C18H19N3O2. The lowest BCUT2D eigenvalue weighted by molar-refractivity contribution is -0.127. The highest BCUT2D eigenvalue weighted by molar-refractivity contribution is 5.91. The summed E-state index contributed by atoms with van der Waals surface area (Å²) in [5.74, 6) is 0.591. The van der Waals surface area contributed by atoms with Crippen molar-refractivity contribution in [3.05, 3.63) is 60.3 Å². The van der Waals surface area contributed by atoms with Gasteiger partial charge in [0.2, 0.25) is 11.8 Å². The second-order valence-corrected chi connectivity index (χ2v) is 5.45. The van der Waals surface area contributed by atoms with E-state index in [1.165, 1.54) is 0 Å². The van der Waals surface area contributed by atoms with Crippen LogP contribution in [0.15, 0.2) is 54.7 Å². The lowest BCUT2D eigenvalue weighted by Gasteiger charge is -2.31. The van der Waals surface area contributed by atoms with Crippen LogP contribution in [0.4, 0.5) is 0 Å². The van der Waals surface area contributed by atoms with Crippen molar-refractivity contribution in [3.8, 4) is 5.88 Å². The predicted molar refractivity (Wildman–Crippen MR) is 87.7 cm³/mol. The first kappa shape index (κ1) is 15.2. The van der Waals surface area contributed by atoms with E-state index in [4.69, 9.17) is 4.74 Å². The van der Waals surface area contributed by atoms with Gasteiger partial charge in [0, 0.05) is 44.3 Å². The van der Waals surface area contributed by atoms with Crippen molar-refractivity contribution in [2.24, 2.45) is 0 Å². The molecule has 118 valence electrons. The lowest BCUT2D eigenvalue weighted by atomic mass is 10.1. The number of piperidine rings is 1. The van der Waals surface area contributed by atoms with Crippen molar-refractivity contribution in [1.82, 2.24) is 15.1 Å². The first-order valence-electron chi connectivity index (χ1n) is 7.78. The molecule has 0 aliphatic carbocycles. The van der Waals surface area contributed by atoms with Crippen LogP contribution >= 0.6 is 0 Å². The minimum Gasteiger partial charge on any atom is -0.473 e. The molecule has 2 heterocycles. The maximum atomic E-state index is 12.2. The highest BCUT2D eigenvalue weighted by atomic mass is 16.5. The third-order valence-electron chi connectivity index (χ3n) is 3.81. The van der Waals surface area contributed by atoms with Crippen LogP contribution in [-0.4, -0.2) is 40.2 Å². The minimum absolute atomic E-state index is 0.0480. The van der Waals surface area contributed by atoms with Gasteiger partial charge in [0.1, 0.15) is 6.10 Å². The lowest BCUT2D eigenvalue weighted by Crippen LogP contribution is -2.41. The molecule has 1 aliphatic rings. The molecule has 0 saturated carbocycles. The Morgan fingerprint density at radius 2 is 1.91 bits per heavy atom. The van der Waals surface area contributed by atoms with Crippen molar-refractivity contribution >= 4 is 12.0 Å². The molecule has 0 atom stereocenters. The van der Waals surface area contributed by atoms with Crippen molar-refractivity contribution in [2.45, 2.75) is 18.9 Å². The Kier molecular flexibility index (Phi) is 4.99. The van der Waals surface area contributed by atoms with Crippen LogP contribution in [0.5, 0.6) is 5.88 Å². The third kappa shape index (κ3) is 4.39. The molecule has 1 saturated heterocycles. The number of benzene rings is 1. The number of nitrogens with zero attached hydrogens (tertiary/aromatic N) is 3. The number of amides is 1. The van der Waals surface area contributed by atoms with Crippen LogP contribution in [0.3, 0.4) is 0 Å². The molecule has 0 bridgehead atoms. The number of likely N-dealkylation sites (tertiary alicyclic amines) is 1.